The van der Waals surface area contributed by atoms with Crippen molar-refractivity contribution in [1.82, 2.24) is 4.90 Å². The van der Waals surface area contributed by atoms with Gasteiger partial charge in [-0.1, -0.05) is 6.92 Å². The molecule has 0 spiro atoms. The van der Waals surface area contributed by atoms with Gasteiger partial charge in [-0.15, -0.1) is 0 Å². The van der Waals surface area contributed by atoms with Crippen molar-refractivity contribution in [3.63, 3.8) is 0 Å². The normalized spacial score (nSPS) is 19.8. The van der Waals surface area contributed by atoms with E-state index in [1.807, 2.05) is 0 Å². The predicted octanol–water partition coefficient (Wildman–Crippen LogP) is 1.56. The van der Waals surface area contributed by atoms with Crippen LogP contribution >= 0.6 is 0 Å². The second-order valence-electron chi connectivity index (χ2n) is 5.07. The maximum atomic E-state index is 5.61. The zero-order chi connectivity index (χ0) is 14.5. The van der Waals surface area contributed by atoms with Crippen molar-refractivity contribution in [3.05, 3.63) is 0 Å². The second kappa shape index (κ2) is 12.5. The summed E-state index contributed by atoms with van der Waals surface area (Å²) in [4.78, 5) is 2.55. The number of likely N-dealkylation sites (tertiary alicyclic amines) is 1. The first-order valence-corrected chi connectivity index (χ1v) is 7.84. The van der Waals surface area contributed by atoms with Gasteiger partial charge in [0.05, 0.1) is 46.2 Å². The molecule has 1 rings (SSSR count). The summed E-state index contributed by atoms with van der Waals surface area (Å²) in [6.45, 7) is 9.19. The lowest BCUT2D eigenvalue weighted by Crippen LogP contribution is -2.32. The van der Waals surface area contributed by atoms with Crippen molar-refractivity contribution in [3.8, 4) is 0 Å². The number of rotatable bonds is 13. The van der Waals surface area contributed by atoms with Crippen molar-refractivity contribution < 1.29 is 18.9 Å². The van der Waals surface area contributed by atoms with Gasteiger partial charge in [-0.3, -0.25) is 4.90 Å². The third-order valence-corrected chi connectivity index (χ3v) is 3.67. The molecule has 1 aliphatic rings. The van der Waals surface area contributed by atoms with Gasteiger partial charge in [-0.2, -0.15) is 0 Å². The molecule has 1 atom stereocenters. The topological polar surface area (TPSA) is 40.2 Å². The van der Waals surface area contributed by atoms with Crippen molar-refractivity contribution in [2.75, 3.05) is 66.4 Å². The summed E-state index contributed by atoms with van der Waals surface area (Å²) in [5.74, 6) is 0. The zero-order valence-electron chi connectivity index (χ0n) is 13.1. The van der Waals surface area contributed by atoms with Crippen LogP contribution in [0.2, 0.25) is 0 Å². The van der Waals surface area contributed by atoms with Crippen LogP contribution in [0.25, 0.3) is 0 Å². The Balaban J connectivity index is 1.78. The lowest BCUT2D eigenvalue weighted by atomic mass is 10.2. The Morgan fingerprint density at radius 2 is 1.50 bits per heavy atom. The highest BCUT2D eigenvalue weighted by atomic mass is 16.6. The number of methoxy groups -OCH3 is 1. The van der Waals surface area contributed by atoms with Crippen LogP contribution in [0.3, 0.4) is 0 Å². The van der Waals surface area contributed by atoms with Gasteiger partial charge in [-0.25, -0.2) is 0 Å². The summed E-state index contributed by atoms with van der Waals surface area (Å²) < 4.78 is 21.2. The van der Waals surface area contributed by atoms with E-state index in [2.05, 4.69) is 11.8 Å². The van der Waals surface area contributed by atoms with Crippen LogP contribution < -0.4 is 0 Å². The Labute approximate surface area is 123 Å². The van der Waals surface area contributed by atoms with Gasteiger partial charge in [0.25, 0.3) is 0 Å². The van der Waals surface area contributed by atoms with E-state index >= 15 is 0 Å². The second-order valence-corrected chi connectivity index (χ2v) is 5.07. The molecule has 0 amide bonds. The molecule has 0 aromatic heterocycles. The number of ether oxygens (including phenoxy) is 4. The minimum atomic E-state index is 0.620. The predicted molar refractivity (Wildman–Crippen MR) is 79.2 cm³/mol. The molecule has 1 saturated heterocycles. The first-order valence-electron chi connectivity index (χ1n) is 7.84. The maximum absolute atomic E-state index is 5.61. The van der Waals surface area contributed by atoms with Crippen LogP contribution in [0.4, 0.5) is 0 Å². The van der Waals surface area contributed by atoms with Gasteiger partial charge >= 0.3 is 0 Å². The quantitative estimate of drug-likeness (QED) is 0.481. The summed E-state index contributed by atoms with van der Waals surface area (Å²) in [6.07, 6.45) is 3.94. The Hall–Kier alpha value is -0.200. The van der Waals surface area contributed by atoms with Crippen LogP contribution in [0.15, 0.2) is 0 Å². The van der Waals surface area contributed by atoms with Crippen LogP contribution in [0.1, 0.15) is 26.2 Å². The molecule has 0 saturated carbocycles. The molecule has 0 aromatic rings. The van der Waals surface area contributed by atoms with Gasteiger partial charge in [0, 0.05) is 19.7 Å². The van der Waals surface area contributed by atoms with Gasteiger partial charge in [0.2, 0.25) is 0 Å². The van der Waals surface area contributed by atoms with Gasteiger partial charge < -0.3 is 18.9 Å². The molecule has 0 radical (unpaired) electrons. The minimum absolute atomic E-state index is 0.620. The van der Waals surface area contributed by atoms with Crippen molar-refractivity contribution in [1.29, 1.82) is 0 Å². The summed E-state index contributed by atoms with van der Waals surface area (Å²) in [5.41, 5.74) is 0. The van der Waals surface area contributed by atoms with Crippen LogP contribution in [0.5, 0.6) is 0 Å². The Bertz CT molecular complexity index is 216. The SMILES string of the molecule is CCC1CCCN1CCOCCOCCOCCOC. The fourth-order valence-corrected chi connectivity index (χ4v) is 2.52. The first kappa shape index (κ1) is 17.9. The number of hydrogen-bond donors (Lipinski definition) is 0. The van der Waals surface area contributed by atoms with Gasteiger partial charge in [0.1, 0.15) is 0 Å². The molecule has 1 aliphatic heterocycles. The average molecular weight is 289 g/mol. The van der Waals surface area contributed by atoms with E-state index in [4.69, 9.17) is 18.9 Å². The molecule has 0 aliphatic carbocycles. The largest absolute Gasteiger partial charge is 0.382 e. The number of nitrogens with zero attached hydrogens (tertiary/aromatic N) is 1. The molecule has 0 bridgehead atoms. The number of hydrogen-bond acceptors (Lipinski definition) is 5. The zero-order valence-corrected chi connectivity index (χ0v) is 13.1. The molecule has 1 fully saturated rings. The molecular weight excluding hydrogens is 258 g/mol. The molecule has 0 aromatic carbocycles. The van der Waals surface area contributed by atoms with Crippen LogP contribution in [0, 0.1) is 0 Å². The molecule has 120 valence electrons. The molecule has 5 nitrogen and oxygen atoms in total. The Kier molecular flexibility index (Phi) is 11.2. The van der Waals surface area contributed by atoms with Crippen molar-refractivity contribution in [2.24, 2.45) is 0 Å². The van der Waals surface area contributed by atoms with E-state index in [0.717, 1.165) is 19.2 Å². The molecular formula is C15H31NO4. The van der Waals surface area contributed by atoms with E-state index in [1.54, 1.807) is 7.11 Å². The molecule has 1 heterocycles. The molecule has 20 heavy (non-hydrogen) atoms. The highest BCUT2D eigenvalue weighted by Crippen LogP contribution is 2.18. The van der Waals surface area contributed by atoms with Crippen molar-refractivity contribution >= 4 is 0 Å². The fourth-order valence-electron chi connectivity index (χ4n) is 2.52. The first-order chi connectivity index (χ1) is 9.88. The van der Waals surface area contributed by atoms with E-state index < -0.39 is 0 Å². The Morgan fingerprint density at radius 3 is 2.10 bits per heavy atom. The van der Waals surface area contributed by atoms with Crippen LogP contribution in [-0.2, 0) is 18.9 Å². The standard InChI is InChI=1S/C15H31NO4/c1-3-15-5-4-6-16(15)7-8-18-11-12-20-14-13-19-10-9-17-2/h15H,3-14H2,1-2H3. The maximum Gasteiger partial charge on any atom is 0.0701 e. The van der Waals surface area contributed by atoms with Crippen LogP contribution in [-0.4, -0.2) is 77.4 Å². The monoisotopic (exact) mass is 289 g/mol. The summed E-state index contributed by atoms with van der Waals surface area (Å²) in [7, 11) is 1.67. The smallest absolute Gasteiger partial charge is 0.0701 e. The summed E-state index contributed by atoms with van der Waals surface area (Å²) in [5, 5.41) is 0. The molecule has 0 N–H and O–H groups in total. The highest BCUT2D eigenvalue weighted by Gasteiger charge is 2.21. The Morgan fingerprint density at radius 1 is 0.900 bits per heavy atom. The van der Waals surface area contributed by atoms with E-state index in [-0.39, 0.29) is 0 Å². The van der Waals surface area contributed by atoms with Crippen molar-refractivity contribution in [2.45, 2.75) is 32.2 Å². The average Bonchev–Trinajstić information content (AvgIpc) is 2.92. The third-order valence-electron chi connectivity index (χ3n) is 3.67. The third kappa shape index (κ3) is 8.17. The fraction of sp³-hybridized carbons (Fsp3) is 1.00. The van der Waals surface area contributed by atoms with Gasteiger partial charge in [-0.05, 0) is 25.8 Å². The summed E-state index contributed by atoms with van der Waals surface area (Å²) >= 11 is 0. The lowest BCUT2D eigenvalue weighted by Gasteiger charge is -2.22. The minimum Gasteiger partial charge on any atom is -0.382 e. The van der Waals surface area contributed by atoms with E-state index in [1.165, 1.54) is 25.8 Å². The molecule has 5 heteroatoms. The summed E-state index contributed by atoms with van der Waals surface area (Å²) in [6, 6.07) is 0.777. The molecule has 1 unspecified atom stereocenters. The lowest BCUT2D eigenvalue weighted by molar-refractivity contribution is 0.000622. The van der Waals surface area contributed by atoms with E-state index in [0.29, 0.717) is 39.6 Å². The van der Waals surface area contributed by atoms with E-state index in [9.17, 15) is 0 Å². The highest BCUT2D eigenvalue weighted by molar-refractivity contribution is 4.77. The van der Waals surface area contributed by atoms with Gasteiger partial charge in [0.15, 0.2) is 0 Å².